The highest BCUT2D eigenvalue weighted by atomic mass is 127. The van der Waals surface area contributed by atoms with Crippen LogP contribution in [0.3, 0.4) is 0 Å². The van der Waals surface area contributed by atoms with Gasteiger partial charge in [-0.2, -0.15) is 0 Å². The van der Waals surface area contributed by atoms with E-state index in [2.05, 4.69) is 29.5 Å². The van der Waals surface area contributed by atoms with Crippen molar-refractivity contribution in [1.29, 1.82) is 0 Å². The molecule has 7 heteroatoms. The van der Waals surface area contributed by atoms with Crippen molar-refractivity contribution in [2.45, 2.75) is 77.6 Å². The van der Waals surface area contributed by atoms with Crippen molar-refractivity contribution in [1.82, 2.24) is 0 Å². The molecule has 0 spiro atoms. The van der Waals surface area contributed by atoms with Crippen molar-refractivity contribution >= 4 is 22.6 Å². The lowest BCUT2D eigenvalue weighted by Gasteiger charge is -2.08. The summed E-state index contributed by atoms with van der Waals surface area (Å²) < 4.78 is 33.8. The fourth-order valence-corrected chi connectivity index (χ4v) is 3.44. The highest BCUT2D eigenvalue weighted by molar-refractivity contribution is 14.1. The third-order valence-electron chi connectivity index (χ3n) is 4.97. The SMILES string of the molecule is CCCCCCCCCCCCCOCCOCCOCCOCCOCCOCCI. The van der Waals surface area contributed by atoms with E-state index in [0.29, 0.717) is 66.1 Å². The van der Waals surface area contributed by atoms with Gasteiger partial charge in [0.05, 0.1) is 72.7 Å². The summed E-state index contributed by atoms with van der Waals surface area (Å²) in [7, 11) is 0. The maximum atomic E-state index is 5.63. The van der Waals surface area contributed by atoms with Crippen LogP contribution in [0.4, 0.5) is 0 Å². The van der Waals surface area contributed by atoms with Crippen molar-refractivity contribution in [3.63, 3.8) is 0 Å². The quantitative estimate of drug-likeness (QED) is 0.0637. The van der Waals surface area contributed by atoms with Crippen LogP contribution in [-0.2, 0) is 28.4 Å². The molecule has 0 rings (SSSR count). The highest BCUT2D eigenvalue weighted by Crippen LogP contribution is 2.11. The number of ether oxygens (including phenoxy) is 6. The molecule has 0 N–H and O–H groups in total. The lowest BCUT2D eigenvalue weighted by molar-refractivity contribution is -0.0161. The minimum Gasteiger partial charge on any atom is -0.379 e. The van der Waals surface area contributed by atoms with Crippen LogP contribution in [-0.4, -0.2) is 83.7 Å². The van der Waals surface area contributed by atoms with Crippen LogP contribution in [0, 0.1) is 0 Å². The summed E-state index contributed by atoms with van der Waals surface area (Å²) in [5.41, 5.74) is 0. The highest BCUT2D eigenvalue weighted by Gasteiger charge is 1.95. The molecule has 0 heterocycles. The summed E-state index contributed by atoms with van der Waals surface area (Å²) in [4.78, 5) is 0. The molecule has 0 radical (unpaired) electrons. The topological polar surface area (TPSA) is 55.4 Å². The first kappa shape index (κ1) is 32.5. The summed E-state index contributed by atoms with van der Waals surface area (Å²) in [6, 6.07) is 0. The molecule has 194 valence electrons. The third-order valence-corrected chi connectivity index (χ3v) is 5.41. The molecule has 0 amide bonds. The average molecular weight is 575 g/mol. The summed E-state index contributed by atoms with van der Waals surface area (Å²) in [6.45, 7) is 10.0. The monoisotopic (exact) mass is 574 g/mol. The maximum absolute atomic E-state index is 5.63. The smallest absolute Gasteiger partial charge is 0.0701 e. The van der Waals surface area contributed by atoms with E-state index >= 15 is 0 Å². The Bertz CT molecular complexity index is 293. The Hall–Kier alpha value is 0.490. The second kappa shape index (κ2) is 31.5. The fraction of sp³-hybridized carbons (Fsp3) is 1.00. The minimum atomic E-state index is 0.580. The van der Waals surface area contributed by atoms with E-state index < -0.39 is 0 Å². The van der Waals surface area contributed by atoms with Crippen molar-refractivity contribution < 1.29 is 28.4 Å². The molecule has 0 aromatic heterocycles. The van der Waals surface area contributed by atoms with Gasteiger partial charge in [-0.3, -0.25) is 0 Å². The lowest BCUT2D eigenvalue weighted by atomic mass is 10.1. The van der Waals surface area contributed by atoms with E-state index in [0.717, 1.165) is 24.1 Å². The summed E-state index contributed by atoms with van der Waals surface area (Å²) in [5, 5.41) is 0. The van der Waals surface area contributed by atoms with Crippen molar-refractivity contribution in [2.75, 3.05) is 83.7 Å². The molecular weight excluding hydrogens is 523 g/mol. The Kier molecular flexibility index (Phi) is 32.0. The molecule has 0 saturated carbocycles. The van der Waals surface area contributed by atoms with Crippen LogP contribution in [0.5, 0.6) is 0 Å². The normalized spacial score (nSPS) is 11.4. The lowest BCUT2D eigenvalue weighted by Crippen LogP contribution is -2.14. The summed E-state index contributed by atoms with van der Waals surface area (Å²) in [6.07, 6.45) is 15.0. The second-order valence-corrected chi connectivity index (χ2v) is 8.98. The third kappa shape index (κ3) is 30.5. The summed E-state index contributed by atoms with van der Waals surface area (Å²) >= 11 is 2.29. The molecule has 0 aliphatic heterocycles. The first-order valence-corrected chi connectivity index (χ1v) is 14.5. The minimum absolute atomic E-state index is 0.580. The maximum Gasteiger partial charge on any atom is 0.0701 e. The van der Waals surface area contributed by atoms with Crippen LogP contribution >= 0.6 is 22.6 Å². The molecule has 0 atom stereocenters. The van der Waals surface area contributed by atoms with Crippen LogP contribution in [0.2, 0.25) is 0 Å². The predicted molar refractivity (Wildman–Crippen MR) is 140 cm³/mol. The molecule has 0 unspecified atom stereocenters. The first-order valence-electron chi connectivity index (χ1n) is 12.9. The van der Waals surface area contributed by atoms with E-state index in [1.54, 1.807) is 0 Å². The zero-order valence-corrected chi connectivity index (χ0v) is 23.0. The predicted octanol–water partition coefficient (Wildman–Crippen LogP) is 5.83. The van der Waals surface area contributed by atoms with Gasteiger partial charge in [-0.1, -0.05) is 93.7 Å². The van der Waals surface area contributed by atoms with Gasteiger partial charge in [-0.25, -0.2) is 0 Å². The molecule has 0 aromatic rings. The number of rotatable bonds is 29. The first-order chi connectivity index (χ1) is 15.9. The number of alkyl halides is 1. The molecule has 0 aromatic carbocycles. The van der Waals surface area contributed by atoms with Gasteiger partial charge < -0.3 is 28.4 Å². The summed E-state index contributed by atoms with van der Waals surface area (Å²) in [5.74, 6) is 0. The molecule has 0 aliphatic rings. The molecule has 32 heavy (non-hydrogen) atoms. The Morgan fingerprint density at radius 1 is 0.344 bits per heavy atom. The fourth-order valence-electron chi connectivity index (χ4n) is 3.12. The van der Waals surface area contributed by atoms with Gasteiger partial charge in [0, 0.05) is 11.0 Å². The molecule has 0 saturated heterocycles. The standard InChI is InChI=1S/C25H51IO6/c1-2-3-4-5-6-7-8-9-10-11-12-14-27-16-18-29-20-22-31-24-25-32-23-21-30-19-17-28-15-13-26/h2-25H2,1H3. The van der Waals surface area contributed by atoms with Gasteiger partial charge in [-0.05, 0) is 6.42 Å². The zero-order valence-electron chi connectivity index (χ0n) is 20.8. The zero-order chi connectivity index (χ0) is 23.2. The van der Waals surface area contributed by atoms with Crippen LogP contribution in [0.1, 0.15) is 77.6 Å². The van der Waals surface area contributed by atoms with E-state index in [4.69, 9.17) is 28.4 Å². The van der Waals surface area contributed by atoms with Crippen molar-refractivity contribution in [3.8, 4) is 0 Å². The van der Waals surface area contributed by atoms with Crippen LogP contribution in [0.15, 0.2) is 0 Å². The second-order valence-electron chi connectivity index (χ2n) is 7.90. The molecular formula is C25H51IO6. The Balaban J connectivity index is 2.98. The van der Waals surface area contributed by atoms with Crippen LogP contribution in [0.25, 0.3) is 0 Å². The Labute approximate surface area is 211 Å². The molecule has 0 aliphatic carbocycles. The number of unbranched alkanes of at least 4 members (excludes halogenated alkanes) is 10. The van der Waals surface area contributed by atoms with E-state index in [1.807, 2.05) is 0 Å². The van der Waals surface area contributed by atoms with Gasteiger partial charge in [-0.15, -0.1) is 0 Å². The molecule has 0 fully saturated rings. The molecule has 0 bridgehead atoms. The van der Waals surface area contributed by atoms with E-state index in [1.165, 1.54) is 64.2 Å². The van der Waals surface area contributed by atoms with Crippen molar-refractivity contribution in [3.05, 3.63) is 0 Å². The number of halogens is 1. The van der Waals surface area contributed by atoms with Gasteiger partial charge in [0.2, 0.25) is 0 Å². The Morgan fingerprint density at radius 3 is 0.969 bits per heavy atom. The average Bonchev–Trinajstić information content (AvgIpc) is 2.81. The van der Waals surface area contributed by atoms with E-state index in [-0.39, 0.29) is 0 Å². The number of hydrogen-bond acceptors (Lipinski definition) is 6. The van der Waals surface area contributed by atoms with Crippen LogP contribution < -0.4 is 0 Å². The van der Waals surface area contributed by atoms with E-state index in [9.17, 15) is 0 Å². The van der Waals surface area contributed by atoms with Gasteiger partial charge in [0.25, 0.3) is 0 Å². The van der Waals surface area contributed by atoms with Gasteiger partial charge in [0.1, 0.15) is 0 Å². The Morgan fingerprint density at radius 2 is 0.625 bits per heavy atom. The number of hydrogen-bond donors (Lipinski definition) is 0. The molecule has 6 nitrogen and oxygen atoms in total. The van der Waals surface area contributed by atoms with Gasteiger partial charge >= 0.3 is 0 Å². The van der Waals surface area contributed by atoms with Gasteiger partial charge in [0.15, 0.2) is 0 Å². The largest absolute Gasteiger partial charge is 0.379 e. The van der Waals surface area contributed by atoms with Crippen molar-refractivity contribution in [2.24, 2.45) is 0 Å².